The van der Waals surface area contributed by atoms with Gasteiger partial charge < -0.3 is 10.1 Å². The number of nitrogens with one attached hydrogen (secondary N) is 2. The molecule has 0 aromatic heterocycles. The summed E-state index contributed by atoms with van der Waals surface area (Å²) in [4.78, 5) is 11.7. The van der Waals surface area contributed by atoms with E-state index in [0.717, 1.165) is 25.7 Å². The molecule has 1 aliphatic rings. The van der Waals surface area contributed by atoms with Gasteiger partial charge in [-0.25, -0.2) is 17.9 Å². The minimum absolute atomic E-state index is 0.0155. The van der Waals surface area contributed by atoms with E-state index in [1.165, 1.54) is 0 Å². The Morgan fingerprint density at radius 1 is 1.14 bits per heavy atom. The zero-order chi connectivity index (χ0) is 16.1. The molecule has 0 bridgehead atoms. The van der Waals surface area contributed by atoms with Gasteiger partial charge in [0.1, 0.15) is 5.60 Å². The number of ether oxygens (including phenoxy) is 1. The van der Waals surface area contributed by atoms with Crippen LogP contribution in [0.3, 0.4) is 0 Å². The molecule has 0 aromatic carbocycles. The van der Waals surface area contributed by atoms with E-state index < -0.39 is 21.7 Å². The van der Waals surface area contributed by atoms with Gasteiger partial charge in [0.25, 0.3) is 0 Å². The number of hydrogen-bond donors (Lipinski definition) is 2. The average molecular weight is 320 g/mol. The van der Waals surface area contributed by atoms with E-state index in [-0.39, 0.29) is 17.8 Å². The Bertz CT molecular complexity index is 434. The molecule has 0 saturated heterocycles. The third-order valence-corrected chi connectivity index (χ3v) is 4.91. The lowest BCUT2D eigenvalue weighted by Gasteiger charge is -2.30. The van der Waals surface area contributed by atoms with Crippen LogP contribution in [0.2, 0.25) is 0 Å². The van der Waals surface area contributed by atoms with Crippen LogP contribution in [0.15, 0.2) is 0 Å². The second kappa shape index (κ2) is 7.45. The molecule has 0 aromatic rings. The molecule has 1 fully saturated rings. The highest BCUT2D eigenvalue weighted by molar-refractivity contribution is 7.89. The highest BCUT2D eigenvalue weighted by Crippen LogP contribution is 2.20. The van der Waals surface area contributed by atoms with Gasteiger partial charge in [-0.2, -0.15) is 0 Å². The highest BCUT2D eigenvalue weighted by atomic mass is 32.2. The lowest BCUT2D eigenvalue weighted by molar-refractivity contribution is 0.0490. The predicted octanol–water partition coefficient (Wildman–Crippen LogP) is 2.15. The molecule has 0 spiro atoms. The first-order chi connectivity index (χ1) is 9.61. The van der Waals surface area contributed by atoms with Gasteiger partial charge in [-0.3, -0.25) is 0 Å². The number of hydrogen-bond acceptors (Lipinski definition) is 4. The summed E-state index contributed by atoms with van der Waals surface area (Å²) >= 11 is 0. The summed E-state index contributed by atoms with van der Waals surface area (Å²) in [6.07, 6.45) is 3.21. The lowest BCUT2D eigenvalue weighted by atomic mass is 9.92. The second-order valence-electron chi connectivity index (χ2n) is 6.63. The van der Waals surface area contributed by atoms with Crippen molar-refractivity contribution in [3.63, 3.8) is 0 Å². The van der Waals surface area contributed by atoms with Crippen LogP contribution >= 0.6 is 0 Å². The van der Waals surface area contributed by atoms with Crippen molar-refractivity contribution in [1.29, 1.82) is 0 Å². The quantitative estimate of drug-likeness (QED) is 0.813. The minimum Gasteiger partial charge on any atom is -0.444 e. The largest absolute Gasteiger partial charge is 0.444 e. The number of rotatable bonds is 5. The molecule has 0 aliphatic heterocycles. The Morgan fingerprint density at radius 3 is 2.14 bits per heavy atom. The molecule has 0 heterocycles. The molecule has 0 radical (unpaired) electrons. The number of sulfonamides is 1. The molecule has 1 rings (SSSR count). The molecule has 7 heteroatoms. The first-order valence-electron chi connectivity index (χ1n) is 7.61. The van der Waals surface area contributed by atoms with Crippen LogP contribution in [0, 0.1) is 0 Å². The molecule has 0 unspecified atom stereocenters. The van der Waals surface area contributed by atoms with E-state index in [1.54, 1.807) is 0 Å². The van der Waals surface area contributed by atoms with E-state index >= 15 is 0 Å². The van der Waals surface area contributed by atoms with Crippen molar-refractivity contribution in [1.82, 2.24) is 10.0 Å². The molecule has 124 valence electrons. The van der Waals surface area contributed by atoms with Crippen molar-refractivity contribution in [2.24, 2.45) is 0 Å². The Morgan fingerprint density at radius 2 is 1.67 bits per heavy atom. The van der Waals surface area contributed by atoms with Crippen LogP contribution in [-0.4, -0.2) is 37.9 Å². The van der Waals surface area contributed by atoms with Gasteiger partial charge in [0.05, 0.1) is 5.75 Å². The van der Waals surface area contributed by atoms with Crippen molar-refractivity contribution in [2.45, 2.75) is 77.5 Å². The fraction of sp³-hybridized carbons (Fsp3) is 0.929. The second-order valence-corrected chi connectivity index (χ2v) is 8.50. The third kappa shape index (κ3) is 7.66. The number of carbonyl (C=O) groups is 1. The van der Waals surface area contributed by atoms with Crippen LogP contribution in [0.4, 0.5) is 4.79 Å². The van der Waals surface area contributed by atoms with Gasteiger partial charge in [0.15, 0.2) is 0 Å². The van der Waals surface area contributed by atoms with Gasteiger partial charge in [-0.05, 0) is 52.9 Å². The van der Waals surface area contributed by atoms with Crippen LogP contribution in [-0.2, 0) is 14.8 Å². The molecule has 0 atom stereocenters. The summed E-state index contributed by atoms with van der Waals surface area (Å²) in [7, 11) is -3.16. The Balaban J connectivity index is 2.34. The monoisotopic (exact) mass is 320 g/mol. The van der Waals surface area contributed by atoms with Gasteiger partial charge in [-0.15, -0.1) is 0 Å². The molecule has 1 aliphatic carbocycles. The average Bonchev–Trinajstić information content (AvgIpc) is 2.28. The minimum atomic E-state index is -3.16. The summed E-state index contributed by atoms with van der Waals surface area (Å²) in [5.74, 6) is 0.170. The summed E-state index contributed by atoms with van der Waals surface area (Å²) in [6.45, 7) is 7.32. The van der Waals surface area contributed by atoms with E-state index in [4.69, 9.17) is 4.74 Å². The zero-order valence-corrected chi connectivity index (χ0v) is 14.3. The van der Waals surface area contributed by atoms with E-state index in [9.17, 15) is 13.2 Å². The van der Waals surface area contributed by atoms with Gasteiger partial charge in [-0.1, -0.05) is 6.92 Å². The lowest BCUT2D eigenvalue weighted by Crippen LogP contribution is -2.45. The standard InChI is InChI=1S/C14H28N2O4S/c1-5-10-21(18,19)16-12-8-6-11(7-9-12)15-13(17)20-14(2,3)4/h11-12,16H,5-10H2,1-4H3,(H,15,17)/t11-,12+. The first kappa shape index (κ1) is 18.2. The number of carbonyl (C=O) groups excluding carboxylic acids is 1. The molecule has 21 heavy (non-hydrogen) atoms. The van der Waals surface area contributed by atoms with E-state index in [1.807, 2.05) is 27.7 Å². The molecule has 1 amide bonds. The first-order valence-corrected chi connectivity index (χ1v) is 9.26. The summed E-state index contributed by atoms with van der Waals surface area (Å²) in [5.41, 5.74) is -0.503. The Labute approximate surface area is 128 Å². The summed E-state index contributed by atoms with van der Waals surface area (Å²) in [6, 6.07) is 0.0463. The van der Waals surface area contributed by atoms with Crippen LogP contribution in [0.5, 0.6) is 0 Å². The van der Waals surface area contributed by atoms with Gasteiger partial charge in [0, 0.05) is 12.1 Å². The van der Waals surface area contributed by atoms with Crippen LogP contribution in [0.25, 0.3) is 0 Å². The highest BCUT2D eigenvalue weighted by Gasteiger charge is 2.26. The molecular weight excluding hydrogens is 292 g/mol. The molecule has 1 saturated carbocycles. The van der Waals surface area contributed by atoms with E-state index in [2.05, 4.69) is 10.0 Å². The van der Waals surface area contributed by atoms with Crippen molar-refractivity contribution in [2.75, 3.05) is 5.75 Å². The van der Waals surface area contributed by atoms with Crippen molar-refractivity contribution >= 4 is 16.1 Å². The normalized spacial score (nSPS) is 23.6. The fourth-order valence-electron chi connectivity index (χ4n) is 2.41. The van der Waals surface area contributed by atoms with Crippen molar-refractivity contribution in [3.05, 3.63) is 0 Å². The maximum Gasteiger partial charge on any atom is 0.407 e. The number of amides is 1. The molecule has 6 nitrogen and oxygen atoms in total. The third-order valence-electron chi connectivity index (χ3n) is 3.27. The number of alkyl carbamates (subject to hydrolysis) is 1. The topological polar surface area (TPSA) is 84.5 Å². The molecule has 2 N–H and O–H groups in total. The zero-order valence-electron chi connectivity index (χ0n) is 13.4. The van der Waals surface area contributed by atoms with Crippen LogP contribution in [0.1, 0.15) is 59.8 Å². The van der Waals surface area contributed by atoms with Crippen molar-refractivity contribution in [3.8, 4) is 0 Å². The SMILES string of the molecule is CCCS(=O)(=O)N[C@H]1CC[C@@H](NC(=O)OC(C)(C)C)CC1. The van der Waals surface area contributed by atoms with Gasteiger partial charge in [0.2, 0.25) is 10.0 Å². The molecular formula is C14H28N2O4S. The maximum atomic E-state index is 11.7. The summed E-state index contributed by atoms with van der Waals surface area (Å²) in [5, 5.41) is 2.85. The van der Waals surface area contributed by atoms with E-state index in [0.29, 0.717) is 6.42 Å². The Kier molecular flexibility index (Phi) is 6.46. The predicted molar refractivity (Wildman–Crippen MR) is 82.6 cm³/mol. The Hall–Kier alpha value is -0.820. The smallest absolute Gasteiger partial charge is 0.407 e. The van der Waals surface area contributed by atoms with Crippen LogP contribution < -0.4 is 10.0 Å². The van der Waals surface area contributed by atoms with Gasteiger partial charge >= 0.3 is 6.09 Å². The fourth-order valence-corrected chi connectivity index (χ4v) is 3.81. The summed E-state index contributed by atoms with van der Waals surface area (Å²) < 4.78 is 31.4. The maximum absolute atomic E-state index is 11.7. The van der Waals surface area contributed by atoms with Crippen molar-refractivity contribution < 1.29 is 17.9 Å².